The van der Waals surface area contributed by atoms with Crippen molar-refractivity contribution in [3.63, 3.8) is 0 Å². The smallest absolute Gasteiger partial charge is 0.337 e. The fraction of sp³-hybridized carbons (Fsp3) is 0.167. The summed E-state index contributed by atoms with van der Waals surface area (Å²) in [6.45, 7) is 0. The average Bonchev–Trinajstić information content (AvgIpc) is 2.46. The summed E-state index contributed by atoms with van der Waals surface area (Å²) in [6.07, 6.45) is 1.39. The van der Waals surface area contributed by atoms with Gasteiger partial charge in [0.25, 0.3) is 0 Å². The number of aromatic amines is 1. The van der Waals surface area contributed by atoms with Gasteiger partial charge in [0.15, 0.2) is 17.3 Å². The van der Waals surface area contributed by atoms with E-state index in [9.17, 15) is 9.90 Å². The first-order valence-electron chi connectivity index (χ1n) is 5.73. The number of rotatable bonds is 5. The molecule has 1 heterocycles. The first-order chi connectivity index (χ1) is 10.0. The van der Waals surface area contributed by atoms with Crippen LogP contribution in [0.1, 0.15) is 10.4 Å². The van der Waals surface area contributed by atoms with Gasteiger partial charge in [-0.3, -0.25) is 5.10 Å². The number of aromatic nitrogens is 3. The Morgan fingerprint density at radius 2 is 2.00 bits per heavy atom. The van der Waals surface area contributed by atoms with E-state index in [0.29, 0.717) is 17.3 Å². The van der Waals surface area contributed by atoms with Crippen LogP contribution in [0.3, 0.4) is 0 Å². The summed E-state index contributed by atoms with van der Waals surface area (Å²) in [5, 5.41) is 18.4. The van der Waals surface area contributed by atoms with E-state index in [1.54, 1.807) is 0 Å². The molecule has 0 bridgehead atoms. The molecule has 8 nitrogen and oxygen atoms in total. The van der Waals surface area contributed by atoms with Gasteiger partial charge in [-0.15, -0.1) is 0 Å². The molecule has 1 aromatic carbocycles. The zero-order valence-electron chi connectivity index (χ0n) is 11.2. The number of nitrogens with zero attached hydrogens (tertiary/aromatic N) is 2. The van der Waals surface area contributed by atoms with E-state index in [1.165, 1.54) is 32.5 Å². The van der Waals surface area contributed by atoms with Crippen LogP contribution in [0.15, 0.2) is 18.3 Å². The van der Waals surface area contributed by atoms with Crippen molar-refractivity contribution in [2.24, 2.45) is 0 Å². The van der Waals surface area contributed by atoms with Crippen molar-refractivity contribution in [1.82, 2.24) is 15.2 Å². The van der Waals surface area contributed by atoms with Gasteiger partial charge >= 0.3 is 5.97 Å². The van der Waals surface area contributed by atoms with Gasteiger partial charge in [0.1, 0.15) is 0 Å². The number of ether oxygens (including phenoxy) is 2. The fourth-order valence-corrected chi connectivity index (χ4v) is 1.82. The summed E-state index contributed by atoms with van der Waals surface area (Å²) in [5.41, 5.74) is 0.295. The van der Waals surface area contributed by atoms with Crippen molar-refractivity contribution in [1.29, 1.82) is 0 Å². The summed E-state index contributed by atoms with van der Waals surface area (Å²) in [5.74, 6) is -0.100. The second-order valence-electron chi connectivity index (χ2n) is 3.86. The van der Waals surface area contributed by atoms with E-state index in [1.807, 2.05) is 0 Å². The van der Waals surface area contributed by atoms with Gasteiger partial charge in [-0.25, -0.2) is 4.79 Å². The molecule has 0 spiro atoms. The first-order valence-corrected chi connectivity index (χ1v) is 6.14. The van der Waals surface area contributed by atoms with Crippen LogP contribution in [-0.2, 0) is 0 Å². The van der Waals surface area contributed by atoms with Gasteiger partial charge in [0, 0.05) is 12.1 Å². The lowest BCUT2D eigenvalue weighted by Crippen LogP contribution is -2.06. The molecule has 21 heavy (non-hydrogen) atoms. The molecule has 0 atom stereocenters. The number of anilines is 2. The third-order valence-corrected chi connectivity index (χ3v) is 2.77. The quantitative estimate of drug-likeness (QED) is 0.719. The molecule has 3 N–H and O–H groups in total. The molecular formula is C12H12N4O4S. The Kier molecular flexibility index (Phi) is 4.33. The number of benzene rings is 1. The number of carbonyl (C=O) groups is 1. The predicted molar refractivity (Wildman–Crippen MR) is 77.0 cm³/mol. The number of carboxylic acid groups (broad SMARTS) is 1. The highest BCUT2D eigenvalue weighted by Gasteiger charge is 2.16. The van der Waals surface area contributed by atoms with E-state index in [2.05, 4.69) is 20.5 Å². The highest BCUT2D eigenvalue weighted by atomic mass is 32.1. The molecule has 0 saturated heterocycles. The van der Waals surface area contributed by atoms with Crippen LogP contribution in [0.5, 0.6) is 11.5 Å². The van der Waals surface area contributed by atoms with Crippen molar-refractivity contribution in [2.45, 2.75) is 0 Å². The maximum absolute atomic E-state index is 11.3. The number of nitrogens with one attached hydrogen (secondary N) is 2. The van der Waals surface area contributed by atoms with E-state index in [-0.39, 0.29) is 16.0 Å². The molecule has 0 aliphatic heterocycles. The molecule has 0 fully saturated rings. The average molecular weight is 308 g/mol. The normalized spacial score (nSPS) is 10.0. The maximum Gasteiger partial charge on any atom is 0.337 e. The molecule has 0 radical (unpaired) electrons. The lowest BCUT2D eigenvalue weighted by Gasteiger charge is -2.13. The second kappa shape index (κ2) is 6.18. The number of H-pyrrole nitrogens is 1. The summed E-state index contributed by atoms with van der Waals surface area (Å²) in [7, 11) is 2.89. The third kappa shape index (κ3) is 3.26. The van der Waals surface area contributed by atoms with Crippen LogP contribution < -0.4 is 14.8 Å². The number of hydrogen-bond donors (Lipinski definition) is 3. The minimum absolute atomic E-state index is 0.00759. The monoisotopic (exact) mass is 308 g/mol. The summed E-state index contributed by atoms with van der Waals surface area (Å²) < 4.78 is 10.4. The van der Waals surface area contributed by atoms with Gasteiger partial charge in [-0.1, -0.05) is 0 Å². The summed E-state index contributed by atoms with van der Waals surface area (Å²) in [6, 6.07) is 2.87. The Morgan fingerprint density at radius 3 is 2.57 bits per heavy atom. The number of aromatic carboxylic acids is 1. The SMILES string of the molecule is COc1cc(Nc2cn[nH]c(=S)n2)c(C(=O)O)cc1OC. The molecule has 0 amide bonds. The van der Waals surface area contributed by atoms with Crippen molar-refractivity contribution >= 4 is 29.7 Å². The highest BCUT2D eigenvalue weighted by Crippen LogP contribution is 2.34. The van der Waals surface area contributed by atoms with Crippen LogP contribution in [0.4, 0.5) is 11.5 Å². The number of hydrogen-bond acceptors (Lipinski definition) is 7. The third-order valence-electron chi connectivity index (χ3n) is 2.59. The Balaban J connectivity index is 2.50. The predicted octanol–water partition coefficient (Wildman–Crippen LogP) is 1.99. The van der Waals surface area contributed by atoms with E-state index in [4.69, 9.17) is 21.7 Å². The van der Waals surface area contributed by atoms with Gasteiger partial charge in [0.2, 0.25) is 4.77 Å². The molecule has 0 unspecified atom stereocenters. The molecule has 2 aromatic rings. The number of carboxylic acids is 1. The van der Waals surface area contributed by atoms with Crippen LogP contribution >= 0.6 is 12.2 Å². The Bertz CT molecular complexity index is 731. The Hall–Kier alpha value is -2.68. The standard InChI is InChI=1S/C12H12N4O4S/c1-19-8-3-6(11(17)18)7(4-9(8)20-2)14-10-5-13-16-12(21)15-10/h3-5H,1-2H3,(H,17,18)(H2,14,15,16,21). The molecule has 110 valence electrons. The molecule has 9 heteroatoms. The van der Waals surface area contributed by atoms with Gasteiger partial charge in [-0.2, -0.15) is 10.1 Å². The van der Waals surface area contributed by atoms with Gasteiger partial charge < -0.3 is 19.9 Å². The summed E-state index contributed by atoms with van der Waals surface area (Å²) >= 11 is 4.86. The highest BCUT2D eigenvalue weighted by molar-refractivity contribution is 7.71. The van der Waals surface area contributed by atoms with E-state index in [0.717, 1.165) is 0 Å². The zero-order chi connectivity index (χ0) is 15.4. The van der Waals surface area contributed by atoms with Crippen LogP contribution in [0.25, 0.3) is 0 Å². The zero-order valence-corrected chi connectivity index (χ0v) is 12.0. The van der Waals surface area contributed by atoms with E-state index < -0.39 is 5.97 Å². The molecule has 0 aliphatic rings. The van der Waals surface area contributed by atoms with Crippen molar-refractivity contribution in [2.75, 3.05) is 19.5 Å². The second-order valence-corrected chi connectivity index (χ2v) is 4.24. The minimum atomic E-state index is -1.12. The largest absolute Gasteiger partial charge is 0.493 e. The van der Waals surface area contributed by atoms with E-state index >= 15 is 0 Å². The van der Waals surface area contributed by atoms with Crippen LogP contribution in [-0.4, -0.2) is 40.5 Å². The maximum atomic E-state index is 11.3. The van der Waals surface area contributed by atoms with Gasteiger partial charge in [-0.05, 0) is 12.2 Å². The fourth-order valence-electron chi connectivity index (χ4n) is 1.67. The first kappa shape index (κ1) is 14.7. The van der Waals surface area contributed by atoms with Crippen molar-refractivity contribution in [3.05, 3.63) is 28.7 Å². The molecule has 0 aliphatic carbocycles. The Labute approximate surface area is 124 Å². The van der Waals surface area contributed by atoms with Crippen molar-refractivity contribution < 1.29 is 19.4 Å². The topological polar surface area (TPSA) is 109 Å². The Morgan fingerprint density at radius 1 is 1.33 bits per heavy atom. The molecular weight excluding hydrogens is 296 g/mol. The van der Waals surface area contributed by atoms with Crippen LogP contribution in [0.2, 0.25) is 0 Å². The molecule has 1 aromatic heterocycles. The molecule has 0 saturated carbocycles. The van der Waals surface area contributed by atoms with Crippen LogP contribution in [0, 0.1) is 4.77 Å². The minimum Gasteiger partial charge on any atom is -0.493 e. The summed E-state index contributed by atoms with van der Waals surface area (Å²) in [4.78, 5) is 15.3. The van der Waals surface area contributed by atoms with Crippen molar-refractivity contribution in [3.8, 4) is 11.5 Å². The van der Waals surface area contributed by atoms with Gasteiger partial charge in [0.05, 0.1) is 31.7 Å². The lowest BCUT2D eigenvalue weighted by molar-refractivity contribution is 0.0697. The lowest BCUT2D eigenvalue weighted by atomic mass is 10.1. The molecule has 2 rings (SSSR count). The number of methoxy groups -OCH3 is 2.